The lowest BCUT2D eigenvalue weighted by atomic mass is 10.0. The van der Waals surface area contributed by atoms with Crippen LogP contribution in [0.15, 0.2) is 0 Å². The second-order valence-corrected chi connectivity index (χ2v) is 3.06. The van der Waals surface area contributed by atoms with Crippen molar-refractivity contribution in [1.29, 1.82) is 0 Å². The molecule has 0 aliphatic carbocycles. The molecule has 0 bridgehead atoms. The van der Waals surface area contributed by atoms with Gasteiger partial charge in [-0.3, -0.25) is 0 Å². The van der Waals surface area contributed by atoms with Crippen LogP contribution in [-0.4, -0.2) is 18.9 Å². The van der Waals surface area contributed by atoms with Gasteiger partial charge in [-0.2, -0.15) is 0 Å². The van der Waals surface area contributed by atoms with Crippen molar-refractivity contribution in [2.24, 2.45) is 0 Å². The first-order valence-electron chi connectivity index (χ1n) is 4.03. The Labute approximate surface area is 61.6 Å². The third-order valence-electron chi connectivity index (χ3n) is 2.03. The second-order valence-electron chi connectivity index (χ2n) is 3.06. The highest BCUT2D eigenvalue weighted by molar-refractivity contribution is 4.91. The van der Waals surface area contributed by atoms with Crippen LogP contribution in [0.2, 0.25) is 0 Å². The van der Waals surface area contributed by atoms with E-state index in [0.717, 1.165) is 12.8 Å². The fraction of sp³-hybridized carbons (Fsp3) is 1.00. The van der Waals surface area contributed by atoms with E-state index in [9.17, 15) is 4.39 Å². The summed E-state index contributed by atoms with van der Waals surface area (Å²) < 4.78 is 17.2. The maximum atomic E-state index is 12.1. The molecule has 1 heterocycles. The minimum atomic E-state index is -0.324. The molecule has 10 heavy (non-hydrogen) atoms. The van der Waals surface area contributed by atoms with Crippen LogP contribution in [0.1, 0.15) is 32.6 Å². The largest absolute Gasteiger partial charge is 0.367 e. The Hall–Kier alpha value is -0.110. The van der Waals surface area contributed by atoms with E-state index >= 15 is 0 Å². The Bertz CT molecular complexity index is 99.4. The molecule has 0 radical (unpaired) electrons. The van der Waals surface area contributed by atoms with E-state index in [-0.39, 0.29) is 12.3 Å². The third-order valence-corrected chi connectivity index (χ3v) is 2.03. The average Bonchev–Trinajstić information content (AvgIpc) is 2.70. The van der Waals surface area contributed by atoms with Gasteiger partial charge >= 0.3 is 0 Å². The molecule has 0 aromatic heterocycles. The molecule has 0 amide bonds. The lowest BCUT2D eigenvalue weighted by Gasteiger charge is -2.04. The van der Waals surface area contributed by atoms with Crippen molar-refractivity contribution in [1.82, 2.24) is 0 Å². The van der Waals surface area contributed by atoms with Crippen LogP contribution in [0.25, 0.3) is 0 Å². The number of halogens is 1. The zero-order valence-electron chi connectivity index (χ0n) is 6.53. The smallest absolute Gasteiger partial charge is 0.121 e. The zero-order valence-corrected chi connectivity index (χ0v) is 6.53. The van der Waals surface area contributed by atoms with Gasteiger partial charge in [0.2, 0.25) is 0 Å². The molecular weight excluding hydrogens is 131 g/mol. The van der Waals surface area contributed by atoms with Crippen LogP contribution < -0.4 is 0 Å². The average molecular weight is 146 g/mol. The Kier molecular flexibility index (Phi) is 2.66. The predicted octanol–water partition coefficient (Wildman–Crippen LogP) is 2.31. The van der Waals surface area contributed by atoms with Gasteiger partial charge in [-0.1, -0.05) is 26.2 Å². The highest BCUT2D eigenvalue weighted by Crippen LogP contribution is 2.33. The number of epoxide rings is 1. The molecule has 1 nitrogen and oxygen atoms in total. The Balaban J connectivity index is 2.01. The molecule has 0 saturated carbocycles. The van der Waals surface area contributed by atoms with Crippen molar-refractivity contribution in [3.63, 3.8) is 0 Å². The van der Waals surface area contributed by atoms with Gasteiger partial charge in [0, 0.05) is 0 Å². The molecule has 1 rings (SSSR count). The molecule has 1 aliphatic heterocycles. The summed E-state index contributed by atoms with van der Waals surface area (Å²) in [6, 6.07) is 0. The molecule has 2 heteroatoms. The Morgan fingerprint density at radius 1 is 1.50 bits per heavy atom. The summed E-state index contributed by atoms with van der Waals surface area (Å²) in [5, 5.41) is 0. The van der Waals surface area contributed by atoms with Crippen molar-refractivity contribution in [2.75, 3.05) is 13.3 Å². The van der Waals surface area contributed by atoms with Gasteiger partial charge in [0.15, 0.2) is 0 Å². The maximum Gasteiger partial charge on any atom is 0.121 e. The number of alkyl halides is 1. The van der Waals surface area contributed by atoms with Crippen LogP contribution in [0.5, 0.6) is 0 Å². The molecule has 1 unspecified atom stereocenters. The van der Waals surface area contributed by atoms with Gasteiger partial charge in [0.25, 0.3) is 0 Å². The zero-order chi connectivity index (χ0) is 7.45. The molecule has 0 spiro atoms. The first-order chi connectivity index (χ1) is 4.83. The lowest BCUT2D eigenvalue weighted by molar-refractivity contribution is 0.229. The second kappa shape index (κ2) is 3.33. The highest BCUT2D eigenvalue weighted by Gasteiger charge is 2.43. The fourth-order valence-corrected chi connectivity index (χ4v) is 1.09. The van der Waals surface area contributed by atoms with Crippen molar-refractivity contribution in [3.05, 3.63) is 0 Å². The Morgan fingerprint density at radius 3 is 2.60 bits per heavy atom. The summed E-state index contributed by atoms with van der Waals surface area (Å²) in [7, 11) is 0. The van der Waals surface area contributed by atoms with E-state index in [1.165, 1.54) is 12.8 Å². The van der Waals surface area contributed by atoms with Crippen LogP contribution in [-0.2, 0) is 4.74 Å². The standard InChI is InChI=1S/C8H15FO/c1-2-3-4-5-8(6-9)7-10-8/h2-7H2,1H3. The van der Waals surface area contributed by atoms with Gasteiger partial charge in [0.1, 0.15) is 12.3 Å². The summed E-state index contributed by atoms with van der Waals surface area (Å²) in [6.45, 7) is 2.50. The molecule has 1 saturated heterocycles. The van der Waals surface area contributed by atoms with E-state index in [1.54, 1.807) is 0 Å². The summed E-state index contributed by atoms with van der Waals surface area (Å²) >= 11 is 0. The number of unbranched alkanes of at least 4 members (excludes halogenated alkanes) is 2. The first kappa shape index (κ1) is 7.99. The van der Waals surface area contributed by atoms with E-state index in [4.69, 9.17) is 4.74 Å². The molecular formula is C8H15FO. The fourth-order valence-electron chi connectivity index (χ4n) is 1.09. The van der Waals surface area contributed by atoms with Gasteiger partial charge < -0.3 is 4.74 Å². The van der Waals surface area contributed by atoms with Crippen molar-refractivity contribution in [2.45, 2.75) is 38.2 Å². The van der Waals surface area contributed by atoms with Crippen molar-refractivity contribution >= 4 is 0 Å². The number of hydrogen-bond acceptors (Lipinski definition) is 1. The van der Waals surface area contributed by atoms with Gasteiger partial charge in [0.05, 0.1) is 6.61 Å². The molecule has 1 fully saturated rings. The van der Waals surface area contributed by atoms with Gasteiger partial charge in [-0.15, -0.1) is 0 Å². The lowest BCUT2D eigenvalue weighted by Crippen LogP contribution is -2.12. The van der Waals surface area contributed by atoms with Crippen LogP contribution in [0.4, 0.5) is 4.39 Å². The van der Waals surface area contributed by atoms with E-state index in [1.807, 2.05) is 0 Å². The van der Waals surface area contributed by atoms with Crippen LogP contribution in [0, 0.1) is 0 Å². The molecule has 0 aromatic carbocycles. The quantitative estimate of drug-likeness (QED) is 0.428. The van der Waals surface area contributed by atoms with E-state index in [0.29, 0.717) is 6.61 Å². The summed E-state index contributed by atoms with van der Waals surface area (Å²) in [5.74, 6) is 0. The van der Waals surface area contributed by atoms with Gasteiger partial charge in [-0.05, 0) is 6.42 Å². The summed E-state index contributed by atoms with van der Waals surface area (Å²) in [4.78, 5) is 0. The molecule has 1 atom stereocenters. The molecule has 60 valence electrons. The van der Waals surface area contributed by atoms with Crippen molar-refractivity contribution in [3.8, 4) is 0 Å². The number of rotatable bonds is 5. The van der Waals surface area contributed by atoms with Crippen LogP contribution >= 0.6 is 0 Å². The number of hydrogen-bond donors (Lipinski definition) is 0. The monoisotopic (exact) mass is 146 g/mol. The first-order valence-corrected chi connectivity index (χ1v) is 4.03. The maximum absolute atomic E-state index is 12.1. The van der Waals surface area contributed by atoms with Crippen LogP contribution in [0.3, 0.4) is 0 Å². The van der Waals surface area contributed by atoms with Crippen molar-refractivity contribution < 1.29 is 9.13 Å². The van der Waals surface area contributed by atoms with E-state index in [2.05, 4.69) is 6.92 Å². The topological polar surface area (TPSA) is 12.5 Å². The molecule has 1 aliphatic rings. The molecule has 0 N–H and O–H groups in total. The molecule has 0 aromatic rings. The minimum absolute atomic E-state index is 0.295. The predicted molar refractivity (Wildman–Crippen MR) is 38.8 cm³/mol. The number of ether oxygens (including phenoxy) is 1. The van der Waals surface area contributed by atoms with E-state index < -0.39 is 0 Å². The summed E-state index contributed by atoms with van der Waals surface area (Å²) in [5.41, 5.74) is -0.324. The SMILES string of the molecule is CCCCCC1(CF)CO1. The van der Waals surface area contributed by atoms with Gasteiger partial charge in [-0.25, -0.2) is 4.39 Å². The normalized spacial score (nSPS) is 30.6. The summed E-state index contributed by atoms with van der Waals surface area (Å²) in [6.07, 6.45) is 4.42. The third kappa shape index (κ3) is 1.94. The highest BCUT2D eigenvalue weighted by atomic mass is 19.1. The minimum Gasteiger partial charge on any atom is -0.367 e. The Morgan fingerprint density at radius 2 is 2.20 bits per heavy atom.